The van der Waals surface area contributed by atoms with Crippen molar-refractivity contribution in [3.05, 3.63) is 64.6 Å². The number of hydrogen-bond donors (Lipinski definition) is 2. The second-order valence-electron chi connectivity index (χ2n) is 5.57. The Morgan fingerprint density at radius 1 is 1.09 bits per heavy atom. The summed E-state index contributed by atoms with van der Waals surface area (Å²) in [6.07, 6.45) is 0. The van der Waals surface area contributed by atoms with Gasteiger partial charge in [0.2, 0.25) is 5.91 Å². The first-order valence-electron chi connectivity index (χ1n) is 7.40. The van der Waals surface area contributed by atoms with Crippen LogP contribution in [0.5, 0.6) is 0 Å². The first kappa shape index (κ1) is 16.7. The molecule has 0 bridgehead atoms. The molecule has 2 aromatic carbocycles. The third-order valence-electron chi connectivity index (χ3n) is 3.42. The summed E-state index contributed by atoms with van der Waals surface area (Å²) in [5.41, 5.74) is 2.00. The Morgan fingerprint density at radius 3 is 2.45 bits per heavy atom. The van der Waals surface area contributed by atoms with Crippen LogP contribution in [0.1, 0.15) is 25.5 Å². The predicted octanol–water partition coefficient (Wildman–Crippen LogP) is 4.37. The molecule has 0 aliphatic heterocycles. The van der Waals surface area contributed by atoms with E-state index in [1.54, 1.807) is 0 Å². The minimum absolute atomic E-state index is 0.0420. The highest BCUT2D eigenvalue weighted by Gasteiger charge is 2.16. The zero-order valence-corrected chi connectivity index (χ0v) is 14.4. The number of hydrogen-bond acceptors (Lipinski definition) is 2. The van der Waals surface area contributed by atoms with Crippen molar-refractivity contribution >= 4 is 27.5 Å². The SMILES string of the molecule is CC(C)[C@@H](NCC(=O)Nc1cccc(Br)c1)c1ccccc1. The van der Waals surface area contributed by atoms with Gasteiger partial charge in [-0.3, -0.25) is 4.79 Å². The number of carbonyl (C=O) groups is 1. The quantitative estimate of drug-likeness (QED) is 0.802. The molecule has 0 aromatic heterocycles. The smallest absolute Gasteiger partial charge is 0.238 e. The van der Waals surface area contributed by atoms with Crippen molar-refractivity contribution in [3.63, 3.8) is 0 Å². The molecule has 0 aliphatic rings. The lowest BCUT2D eigenvalue weighted by Crippen LogP contribution is -2.33. The molecule has 1 atom stereocenters. The van der Waals surface area contributed by atoms with Crippen molar-refractivity contribution in [1.29, 1.82) is 0 Å². The zero-order valence-electron chi connectivity index (χ0n) is 12.8. The minimum atomic E-state index is -0.0420. The summed E-state index contributed by atoms with van der Waals surface area (Å²) in [5, 5.41) is 6.24. The molecular formula is C18H21BrN2O. The molecule has 0 fully saturated rings. The van der Waals surface area contributed by atoms with Crippen LogP contribution in [0.25, 0.3) is 0 Å². The summed E-state index contributed by atoms with van der Waals surface area (Å²) in [4.78, 5) is 12.1. The number of anilines is 1. The standard InChI is InChI=1S/C18H21BrN2O/c1-13(2)18(14-7-4-3-5-8-14)20-12-17(22)21-16-10-6-9-15(19)11-16/h3-11,13,18,20H,12H2,1-2H3,(H,21,22)/t18-/m1/s1. The van der Waals surface area contributed by atoms with Gasteiger partial charge in [0.25, 0.3) is 0 Å². The van der Waals surface area contributed by atoms with Gasteiger partial charge >= 0.3 is 0 Å². The average Bonchev–Trinajstić information content (AvgIpc) is 2.48. The second kappa shape index (κ2) is 8.11. The van der Waals surface area contributed by atoms with Gasteiger partial charge in [0.1, 0.15) is 0 Å². The molecule has 1 amide bonds. The number of nitrogens with one attached hydrogen (secondary N) is 2. The van der Waals surface area contributed by atoms with Crippen molar-refractivity contribution < 1.29 is 4.79 Å². The first-order valence-corrected chi connectivity index (χ1v) is 8.19. The molecule has 22 heavy (non-hydrogen) atoms. The molecule has 2 rings (SSSR count). The summed E-state index contributed by atoms with van der Waals surface area (Å²) in [6.45, 7) is 4.58. The van der Waals surface area contributed by atoms with E-state index in [1.165, 1.54) is 5.56 Å². The van der Waals surface area contributed by atoms with Crippen molar-refractivity contribution in [2.45, 2.75) is 19.9 Å². The van der Waals surface area contributed by atoms with E-state index < -0.39 is 0 Å². The van der Waals surface area contributed by atoms with Gasteiger partial charge in [0.05, 0.1) is 6.54 Å². The van der Waals surface area contributed by atoms with Crippen LogP contribution in [-0.2, 0) is 4.79 Å². The summed E-state index contributed by atoms with van der Waals surface area (Å²) < 4.78 is 0.947. The Bertz CT molecular complexity index is 613. The molecule has 0 saturated carbocycles. The van der Waals surface area contributed by atoms with Crippen LogP contribution in [0.2, 0.25) is 0 Å². The van der Waals surface area contributed by atoms with E-state index >= 15 is 0 Å². The van der Waals surface area contributed by atoms with Crippen molar-refractivity contribution in [1.82, 2.24) is 5.32 Å². The van der Waals surface area contributed by atoms with Crippen LogP contribution in [0.4, 0.5) is 5.69 Å². The maximum atomic E-state index is 12.1. The first-order chi connectivity index (χ1) is 10.6. The molecule has 3 nitrogen and oxygen atoms in total. The molecule has 0 radical (unpaired) electrons. The number of carbonyl (C=O) groups excluding carboxylic acids is 1. The van der Waals surface area contributed by atoms with Crippen LogP contribution in [0, 0.1) is 5.92 Å². The van der Waals surface area contributed by atoms with Crippen LogP contribution < -0.4 is 10.6 Å². The van der Waals surface area contributed by atoms with Gasteiger partial charge in [-0.25, -0.2) is 0 Å². The summed E-state index contributed by atoms with van der Waals surface area (Å²) in [5.74, 6) is 0.362. The molecule has 0 spiro atoms. The Hall–Kier alpha value is -1.65. The van der Waals surface area contributed by atoms with Gasteiger partial charge < -0.3 is 10.6 Å². The predicted molar refractivity (Wildman–Crippen MR) is 94.8 cm³/mol. The molecule has 2 aromatic rings. The fraction of sp³-hybridized carbons (Fsp3) is 0.278. The average molecular weight is 361 g/mol. The Kier molecular flexibility index (Phi) is 6.16. The molecule has 2 N–H and O–H groups in total. The van der Waals surface area contributed by atoms with E-state index in [-0.39, 0.29) is 18.5 Å². The van der Waals surface area contributed by atoms with E-state index in [9.17, 15) is 4.79 Å². The fourth-order valence-electron chi connectivity index (χ4n) is 2.37. The number of amides is 1. The third kappa shape index (κ3) is 4.97. The fourth-order valence-corrected chi connectivity index (χ4v) is 2.77. The second-order valence-corrected chi connectivity index (χ2v) is 6.49. The maximum Gasteiger partial charge on any atom is 0.238 e. The van der Waals surface area contributed by atoms with Gasteiger partial charge in [-0.1, -0.05) is 66.2 Å². The highest BCUT2D eigenvalue weighted by atomic mass is 79.9. The van der Waals surface area contributed by atoms with Gasteiger partial charge in [-0.05, 0) is 29.7 Å². The van der Waals surface area contributed by atoms with Gasteiger partial charge in [0.15, 0.2) is 0 Å². The maximum absolute atomic E-state index is 12.1. The van der Waals surface area contributed by atoms with Crippen LogP contribution >= 0.6 is 15.9 Å². The summed E-state index contributed by atoms with van der Waals surface area (Å²) in [6, 6.07) is 18.0. The highest BCUT2D eigenvalue weighted by Crippen LogP contribution is 2.21. The zero-order chi connectivity index (χ0) is 15.9. The molecule has 0 unspecified atom stereocenters. The Morgan fingerprint density at radius 2 is 1.82 bits per heavy atom. The topological polar surface area (TPSA) is 41.1 Å². The van der Waals surface area contributed by atoms with Crippen LogP contribution in [0.15, 0.2) is 59.1 Å². The van der Waals surface area contributed by atoms with E-state index in [1.807, 2.05) is 42.5 Å². The largest absolute Gasteiger partial charge is 0.325 e. The summed E-state index contributed by atoms with van der Waals surface area (Å²) >= 11 is 3.40. The van der Waals surface area contributed by atoms with Crippen LogP contribution in [-0.4, -0.2) is 12.5 Å². The van der Waals surface area contributed by atoms with E-state index in [0.717, 1.165) is 10.2 Å². The van der Waals surface area contributed by atoms with E-state index in [2.05, 4.69) is 52.5 Å². The lowest BCUT2D eigenvalue weighted by Gasteiger charge is -2.22. The number of benzene rings is 2. The molecule has 116 valence electrons. The monoisotopic (exact) mass is 360 g/mol. The van der Waals surface area contributed by atoms with Crippen molar-refractivity contribution in [2.24, 2.45) is 5.92 Å². The van der Waals surface area contributed by atoms with Crippen molar-refractivity contribution in [3.8, 4) is 0 Å². The third-order valence-corrected chi connectivity index (χ3v) is 3.91. The van der Waals surface area contributed by atoms with Gasteiger partial charge in [0, 0.05) is 16.2 Å². The number of rotatable bonds is 6. The van der Waals surface area contributed by atoms with E-state index in [0.29, 0.717) is 5.92 Å². The lowest BCUT2D eigenvalue weighted by atomic mass is 9.96. The molecule has 4 heteroatoms. The van der Waals surface area contributed by atoms with Gasteiger partial charge in [-0.2, -0.15) is 0 Å². The van der Waals surface area contributed by atoms with E-state index in [4.69, 9.17) is 0 Å². The van der Waals surface area contributed by atoms with Crippen LogP contribution in [0.3, 0.4) is 0 Å². The molecule has 0 heterocycles. The molecule has 0 saturated heterocycles. The highest BCUT2D eigenvalue weighted by molar-refractivity contribution is 9.10. The van der Waals surface area contributed by atoms with Crippen molar-refractivity contribution in [2.75, 3.05) is 11.9 Å². The normalized spacial score (nSPS) is 12.2. The molecule has 0 aliphatic carbocycles. The molecular weight excluding hydrogens is 340 g/mol. The Balaban J connectivity index is 1.94. The Labute approximate surface area is 140 Å². The number of halogens is 1. The summed E-state index contributed by atoms with van der Waals surface area (Å²) in [7, 11) is 0. The van der Waals surface area contributed by atoms with Gasteiger partial charge in [-0.15, -0.1) is 0 Å². The minimum Gasteiger partial charge on any atom is -0.325 e. The lowest BCUT2D eigenvalue weighted by molar-refractivity contribution is -0.115.